The number of pyridine rings is 1. The summed E-state index contributed by atoms with van der Waals surface area (Å²) in [6, 6.07) is 29.8. The Labute approximate surface area is 282 Å². The third-order valence-corrected chi connectivity index (χ3v) is 9.45. The molecule has 1 aliphatic heterocycles. The van der Waals surface area contributed by atoms with E-state index in [4.69, 9.17) is 47.4 Å². The molecule has 3 aromatic heterocycles. The molecule has 47 heavy (non-hydrogen) atoms. The zero-order chi connectivity index (χ0) is 32.1. The van der Waals surface area contributed by atoms with Gasteiger partial charge in [0.05, 0.1) is 40.4 Å². The molecular formula is C37H31Cl2N5O3. The molecule has 0 bridgehead atoms. The van der Waals surface area contributed by atoms with Gasteiger partial charge in [0.15, 0.2) is 11.6 Å². The average molecular weight is 665 g/mol. The Morgan fingerprint density at radius 1 is 0.915 bits per heavy atom. The summed E-state index contributed by atoms with van der Waals surface area (Å²) in [5, 5.41) is 2.63. The zero-order valence-electron chi connectivity index (χ0n) is 25.8. The lowest BCUT2D eigenvalue weighted by atomic mass is 10.0. The van der Waals surface area contributed by atoms with Crippen LogP contribution in [0.3, 0.4) is 0 Å². The second-order valence-corrected chi connectivity index (χ2v) is 13.2. The third kappa shape index (κ3) is 5.76. The van der Waals surface area contributed by atoms with Crippen LogP contribution in [0.2, 0.25) is 10.2 Å². The topological polar surface area (TPSA) is 83.7 Å². The SMILES string of the molecule is CC1(C)O[C@@H]2[C@@H](COc3ccc4cc(Cl)c(N=C(c5ccccc5)c5ccccc5)nc4c3)C[C@@H](n3ccc4c(Cl)ncnc43)[C@@H]2O1. The van der Waals surface area contributed by atoms with Crippen LogP contribution >= 0.6 is 23.2 Å². The molecular weight excluding hydrogens is 633 g/mol. The number of rotatable bonds is 7. The second kappa shape index (κ2) is 12.0. The summed E-state index contributed by atoms with van der Waals surface area (Å²) in [6.45, 7) is 4.35. The van der Waals surface area contributed by atoms with Crippen molar-refractivity contribution in [3.63, 3.8) is 0 Å². The van der Waals surface area contributed by atoms with Gasteiger partial charge in [-0.2, -0.15) is 0 Å². The minimum absolute atomic E-state index is 0.00287. The molecule has 1 aliphatic carbocycles. The summed E-state index contributed by atoms with van der Waals surface area (Å²) in [4.78, 5) is 18.5. The number of aromatic nitrogens is 4. The van der Waals surface area contributed by atoms with Crippen molar-refractivity contribution in [1.29, 1.82) is 0 Å². The van der Waals surface area contributed by atoms with Crippen molar-refractivity contribution in [2.45, 2.75) is 44.3 Å². The lowest BCUT2D eigenvalue weighted by Crippen LogP contribution is -2.29. The lowest BCUT2D eigenvalue weighted by Gasteiger charge is -2.24. The van der Waals surface area contributed by atoms with Gasteiger partial charge < -0.3 is 18.8 Å². The minimum Gasteiger partial charge on any atom is -0.493 e. The number of halogens is 2. The monoisotopic (exact) mass is 663 g/mol. The maximum absolute atomic E-state index is 6.74. The fourth-order valence-corrected chi connectivity index (χ4v) is 7.17. The van der Waals surface area contributed by atoms with E-state index in [2.05, 4.69) is 14.5 Å². The Morgan fingerprint density at radius 2 is 1.64 bits per heavy atom. The maximum atomic E-state index is 6.74. The van der Waals surface area contributed by atoms with Crippen LogP contribution < -0.4 is 4.74 Å². The first kappa shape index (κ1) is 30.0. The van der Waals surface area contributed by atoms with E-state index in [-0.39, 0.29) is 24.2 Å². The summed E-state index contributed by atoms with van der Waals surface area (Å²) in [5.74, 6) is 0.526. The predicted molar refractivity (Wildman–Crippen MR) is 184 cm³/mol. The summed E-state index contributed by atoms with van der Waals surface area (Å²) in [6.07, 6.45) is 3.99. The predicted octanol–water partition coefficient (Wildman–Crippen LogP) is 8.62. The minimum atomic E-state index is -0.705. The Bertz CT molecular complexity index is 2080. The molecule has 0 unspecified atom stereocenters. The van der Waals surface area contributed by atoms with Gasteiger partial charge in [0, 0.05) is 34.7 Å². The molecule has 2 aliphatic rings. The number of benzene rings is 3. The van der Waals surface area contributed by atoms with E-state index in [0.29, 0.717) is 28.3 Å². The van der Waals surface area contributed by atoms with E-state index >= 15 is 0 Å². The van der Waals surface area contributed by atoms with Crippen LogP contribution in [-0.2, 0) is 9.47 Å². The van der Waals surface area contributed by atoms with Gasteiger partial charge in [0.2, 0.25) is 0 Å². The second-order valence-electron chi connectivity index (χ2n) is 12.4. The highest BCUT2D eigenvalue weighted by Gasteiger charge is 2.55. The summed E-state index contributed by atoms with van der Waals surface area (Å²) < 4.78 is 21.4. The van der Waals surface area contributed by atoms with Gasteiger partial charge in [-0.25, -0.2) is 19.9 Å². The zero-order valence-corrected chi connectivity index (χ0v) is 27.3. The van der Waals surface area contributed by atoms with E-state index < -0.39 is 5.79 Å². The van der Waals surface area contributed by atoms with Crippen molar-refractivity contribution >= 4 is 56.7 Å². The number of aliphatic imine (C=N–C) groups is 1. The molecule has 8 nitrogen and oxygen atoms in total. The first-order valence-corrected chi connectivity index (χ1v) is 16.3. The molecule has 1 saturated heterocycles. The Kier molecular flexibility index (Phi) is 7.69. The van der Waals surface area contributed by atoms with Gasteiger partial charge in [0.1, 0.15) is 29.0 Å². The maximum Gasteiger partial charge on any atom is 0.172 e. The summed E-state index contributed by atoms with van der Waals surface area (Å²) in [7, 11) is 0. The number of hydrogen-bond donors (Lipinski definition) is 0. The third-order valence-electron chi connectivity index (χ3n) is 8.87. The molecule has 6 aromatic rings. The van der Waals surface area contributed by atoms with E-state index in [9.17, 15) is 0 Å². The van der Waals surface area contributed by atoms with Crippen molar-refractivity contribution in [3.8, 4) is 5.75 Å². The van der Waals surface area contributed by atoms with Gasteiger partial charge in [-0.05, 0) is 44.5 Å². The van der Waals surface area contributed by atoms with Crippen LogP contribution in [0.15, 0.2) is 109 Å². The first-order chi connectivity index (χ1) is 22.8. The highest BCUT2D eigenvalue weighted by atomic mass is 35.5. The van der Waals surface area contributed by atoms with E-state index in [1.54, 1.807) is 0 Å². The Morgan fingerprint density at radius 3 is 2.38 bits per heavy atom. The molecule has 10 heteroatoms. The normalized spacial score (nSPS) is 21.6. The molecule has 0 N–H and O–H groups in total. The number of ether oxygens (including phenoxy) is 3. The lowest BCUT2D eigenvalue weighted by molar-refractivity contribution is -0.161. The molecule has 4 heterocycles. The van der Waals surface area contributed by atoms with Gasteiger partial charge in [-0.15, -0.1) is 0 Å². The van der Waals surface area contributed by atoms with Crippen molar-refractivity contribution in [1.82, 2.24) is 19.5 Å². The van der Waals surface area contributed by atoms with E-state index in [1.165, 1.54) is 6.33 Å². The largest absolute Gasteiger partial charge is 0.493 e. The standard InChI is InChI=1S/C37H31Cl2N5O3/c1-37(2)46-32-25(18-30(33(32)47-37)44-16-15-27-34(39)40-21-41-36(27)44)20-45-26-14-13-24-17-28(38)35(42-29(24)19-26)43-31(22-9-5-3-6-10-22)23-11-7-4-8-12-23/h3-17,19,21,25,30,32-33H,18,20H2,1-2H3/t25-,30-,32-,33+/m1/s1. The van der Waals surface area contributed by atoms with Crippen LogP contribution in [0, 0.1) is 5.92 Å². The molecule has 3 aromatic carbocycles. The molecule has 0 amide bonds. The highest BCUT2D eigenvalue weighted by Crippen LogP contribution is 2.48. The fourth-order valence-electron chi connectivity index (χ4n) is 6.78. The molecule has 2 fully saturated rings. The molecule has 8 rings (SSSR count). The van der Waals surface area contributed by atoms with Gasteiger partial charge in [0.25, 0.3) is 0 Å². The number of fused-ring (bicyclic) bond motifs is 3. The number of hydrogen-bond acceptors (Lipinski definition) is 7. The van der Waals surface area contributed by atoms with E-state index in [0.717, 1.165) is 45.2 Å². The molecule has 0 spiro atoms. The van der Waals surface area contributed by atoms with Crippen LogP contribution in [-0.4, -0.2) is 49.8 Å². The summed E-state index contributed by atoms with van der Waals surface area (Å²) >= 11 is 13.1. The van der Waals surface area contributed by atoms with Crippen molar-refractivity contribution in [3.05, 3.63) is 125 Å². The van der Waals surface area contributed by atoms with E-state index in [1.807, 2.05) is 111 Å². The average Bonchev–Trinajstić information content (AvgIpc) is 3.75. The van der Waals surface area contributed by atoms with Crippen molar-refractivity contribution in [2.24, 2.45) is 10.9 Å². The molecule has 0 radical (unpaired) electrons. The summed E-state index contributed by atoms with van der Waals surface area (Å²) in [5.41, 5.74) is 4.27. The van der Waals surface area contributed by atoms with Gasteiger partial charge in [-0.1, -0.05) is 83.9 Å². The smallest absolute Gasteiger partial charge is 0.172 e. The van der Waals surface area contributed by atoms with Crippen molar-refractivity contribution < 1.29 is 14.2 Å². The van der Waals surface area contributed by atoms with Crippen molar-refractivity contribution in [2.75, 3.05) is 6.61 Å². The van der Waals surface area contributed by atoms with Gasteiger partial charge >= 0.3 is 0 Å². The van der Waals surface area contributed by atoms with Crippen LogP contribution in [0.4, 0.5) is 5.82 Å². The number of nitrogens with zero attached hydrogens (tertiary/aromatic N) is 5. The molecule has 1 saturated carbocycles. The Hall–Kier alpha value is -4.34. The highest BCUT2D eigenvalue weighted by molar-refractivity contribution is 6.34. The Balaban J connectivity index is 1.07. The first-order valence-electron chi connectivity index (χ1n) is 15.6. The fraction of sp³-hybridized carbons (Fsp3) is 0.243. The van der Waals surface area contributed by atoms with Crippen LogP contribution in [0.1, 0.15) is 37.4 Å². The quantitative estimate of drug-likeness (QED) is 0.126. The molecule has 236 valence electrons. The van der Waals surface area contributed by atoms with Crippen LogP contribution in [0.25, 0.3) is 21.9 Å². The molecule has 4 atom stereocenters. The van der Waals surface area contributed by atoms with Gasteiger partial charge in [-0.3, -0.25) is 0 Å². The van der Waals surface area contributed by atoms with Crippen LogP contribution in [0.5, 0.6) is 5.75 Å².